The first-order chi connectivity index (χ1) is 15.9. The minimum Gasteiger partial charge on any atom is -0.394 e. The van der Waals surface area contributed by atoms with Gasteiger partial charge in [-0.1, -0.05) is 18.2 Å². The average molecular weight is 476 g/mol. The number of thiophene rings is 1. The minimum atomic E-state index is -1.70. The molecule has 2 aromatic heterocycles. The molecule has 6 nitrogen and oxygen atoms in total. The second-order valence-electron chi connectivity index (χ2n) is 7.95. The lowest BCUT2D eigenvalue weighted by Gasteiger charge is -2.08. The number of carbonyl (C=O) groups is 1. The molecule has 1 aliphatic rings. The number of fused-ring (bicyclic) bond motifs is 1. The molecule has 2 aromatic carbocycles. The number of nitrogens with zero attached hydrogens (tertiary/aromatic N) is 2. The Morgan fingerprint density at radius 2 is 1.85 bits per heavy atom. The number of anilines is 1. The van der Waals surface area contributed by atoms with E-state index in [1.54, 1.807) is 40.6 Å². The number of amides is 1. The first-order valence-electron chi connectivity index (χ1n) is 10.3. The number of carbonyl (C=O) groups excluding carboxylic acids is 1. The van der Waals surface area contributed by atoms with Crippen molar-refractivity contribution in [1.29, 1.82) is 0 Å². The number of aryl methyl sites for hydroxylation is 1. The van der Waals surface area contributed by atoms with Crippen molar-refractivity contribution in [1.82, 2.24) is 9.88 Å². The normalized spacial score (nSPS) is 13.8. The van der Waals surface area contributed by atoms with Crippen molar-refractivity contribution in [3.8, 4) is 26.8 Å². The number of aromatic nitrogens is 1. The lowest BCUT2D eigenvalue weighted by atomic mass is 10.1. The molecule has 3 heterocycles. The molecule has 5 rings (SSSR count). The Morgan fingerprint density at radius 1 is 1.06 bits per heavy atom. The minimum absolute atomic E-state index is 0.0654. The number of nitrogens with two attached hydrogens (primary N) is 1. The van der Waals surface area contributed by atoms with Gasteiger partial charge in [0.15, 0.2) is 0 Å². The van der Waals surface area contributed by atoms with Crippen LogP contribution >= 0.6 is 11.3 Å². The maximum absolute atomic E-state index is 12.5. The third kappa shape index (κ3) is 4.15. The summed E-state index contributed by atoms with van der Waals surface area (Å²) < 4.78 is 18.0. The van der Waals surface area contributed by atoms with Crippen molar-refractivity contribution in [2.75, 3.05) is 12.8 Å². The van der Waals surface area contributed by atoms with E-state index >= 15 is 0 Å². The Bertz CT molecular complexity index is 1410. The third-order valence-electron chi connectivity index (χ3n) is 5.48. The van der Waals surface area contributed by atoms with E-state index in [0.29, 0.717) is 17.1 Å². The topological polar surface area (TPSA) is 85.5 Å². The molecule has 0 bridgehead atoms. The smallest absolute Gasteiger partial charge is 0.254 e. The molecule has 0 fully saturated rings. The van der Waals surface area contributed by atoms with Gasteiger partial charge in [0, 0.05) is 40.7 Å². The third-order valence-corrected chi connectivity index (χ3v) is 7.61. The summed E-state index contributed by atoms with van der Waals surface area (Å²) in [6.07, 6.45) is 1.67. The van der Waals surface area contributed by atoms with E-state index < -0.39 is 11.1 Å². The van der Waals surface area contributed by atoms with Crippen molar-refractivity contribution < 1.29 is 13.2 Å². The molecule has 0 saturated heterocycles. The van der Waals surface area contributed by atoms with Gasteiger partial charge >= 0.3 is 0 Å². The van der Waals surface area contributed by atoms with Gasteiger partial charge in [-0.05, 0) is 66.1 Å². The summed E-state index contributed by atoms with van der Waals surface area (Å²) in [5, 5.41) is 0. The number of rotatable bonds is 5. The molecule has 0 radical (unpaired) electrons. The van der Waals surface area contributed by atoms with Crippen LogP contribution in [0.1, 0.15) is 21.5 Å². The number of hydrogen-bond acceptors (Lipinski definition) is 6. The molecule has 1 unspecified atom stereocenters. The van der Waals surface area contributed by atoms with E-state index in [0.717, 1.165) is 37.6 Å². The monoisotopic (exact) mass is 475 g/mol. The van der Waals surface area contributed by atoms with Crippen LogP contribution in [-0.4, -0.2) is 27.0 Å². The second-order valence-corrected chi connectivity index (χ2v) is 10.1. The van der Waals surface area contributed by atoms with Crippen LogP contribution in [0.2, 0.25) is 0 Å². The molecule has 2 N–H and O–H groups in total. The molecule has 166 valence electrons. The molecular weight excluding hydrogens is 454 g/mol. The van der Waals surface area contributed by atoms with Crippen LogP contribution < -0.4 is 9.92 Å². The summed E-state index contributed by atoms with van der Waals surface area (Å²) >= 11 is -0.0813. The Balaban J connectivity index is 1.36. The van der Waals surface area contributed by atoms with E-state index in [1.165, 1.54) is 0 Å². The van der Waals surface area contributed by atoms with Crippen LogP contribution in [0.5, 0.6) is 5.88 Å². The molecule has 1 atom stereocenters. The molecule has 1 amide bonds. The van der Waals surface area contributed by atoms with Gasteiger partial charge in [0.1, 0.15) is 0 Å². The van der Waals surface area contributed by atoms with Crippen LogP contribution in [0.15, 0.2) is 71.8 Å². The predicted molar refractivity (Wildman–Crippen MR) is 131 cm³/mol. The highest BCUT2D eigenvalue weighted by molar-refractivity contribution is 7.80. The summed E-state index contributed by atoms with van der Waals surface area (Å²) in [7, 11) is 1.81. The van der Waals surface area contributed by atoms with Gasteiger partial charge in [-0.15, -0.1) is 11.3 Å². The molecule has 8 heteroatoms. The second kappa shape index (κ2) is 8.46. The lowest BCUT2D eigenvalue weighted by molar-refractivity contribution is 0.0816. The Kier molecular flexibility index (Phi) is 5.47. The van der Waals surface area contributed by atoms with Gasteiger partial charge in [-0.2, -0.15) is 0 Å². The van der Waals surface area contributed by atoms with Crippen molar-refractivity contribution in [2.45, 2.75) is 18.4 Å². The Labute approximate surface area is 198 Å². The van der Waals surface area contributed by atoms with Crippen LogP contribution in [0, 0.1) is 6.92 Å². The fourth-order valence-corrected chi connectivity index (χ4v) is 5.61. The van der Waals surface area contributed by atoms with Gasteiger partial charge < -0.3 is 14.8 Å². The fraction of sp³-hybridized carbons (Fsp3) is 0.120. The summed E-state index contributed by atoms with van der Waals surface area (Å²) in [6.45, 7) is 2.56. The quantitative estimate of drug-likeness (QED) is 0.436. The van der Waals surface area contributed by atoms with Crippen molar-refractivity contribution in [3.63, 3.8) is 0 Å². The predicted octanol–water partition coefficient (Wildman–Crippen LogP) is 5.05. The van der Waals surface area contributed by atoms with E-state index in [9.17, 15) is 9.00 Å². The largest absolute Gasteiger partial charge is 0.394 e. The first-order valence-corrected chi connectivity index (χ1v) is 12.2. The molecular formula is C25H21N3O3S2. The zero-order chi connectivity index (χ0) is 23.1. The van der Waals surface area contributed by atoms with Crippen molar-refractivity contribution >= 4 is 34.0 Å². The highest BCUT2D eigenvalue weighted by Gasteiger charge is 2.24. The van der Waals surface area contributed by atoms with Gasteiger partial charge in [-0.3, -0.25) is 4.79 Å². The Morgan fingerprint density at radius 3 is 2.61 bits per heavy atom. The summed E-state index contributed by atoms with van der Waals surface area (Å²) in [6, 6.07) is 19.1. The van der Waals surface area contributed by atoms with Crippen LogP contribution in [0.3, 0.4) is 0 Å². The van der Waals surface area contributed by atoms with E-state index in [4.69, 9.17) is 9.92 Å². The highest BCUT2D eigenvalue weighted by atomic mass is 32.2. The number of pyridine rings is 1. The molecule has 0 saturated carbocycles. The lowest BCUT2D eigenvalue weighted by Crippen LogP contribution is -2.17. The summed E-state index contributed by atoms with van der Waals surface area (Å²) in [5.74, 6) is 0.207. The standard InChI is InChI=1S/C25H21N3O3S2/c1-15-4-3-5-19(10-15)33(30)31-24-21(26)12-17(13-27-24)23-9-8-22(32-23)16-6-7-20-18(11-16)14-28(2)25(20)29/h3-13H,14,26H2,1-2H3. The molecule has 0 spiro atoms. The maximum Gasteiger partial charge on any atom is 0.254 e. The van der Waals surface area contributed by atoms with Crippen molar-refractivity contribution in [3.05, 3.63) is 83.6 Å². The van der Waals surface area contributed by atoms with Crippen LogP contribution in [0.4, 0.5) is 5.69 Å². The van der Waals surface area contributed by atoms with Gasteiger partial charge in [-0.25, -0.2) is 9.19 Å². The molecule has 1 aliphatic heterocycles. The van der Waals surface area contributed by atoms with Gasteiger partial charge in [0.05, 0.1) is 10.6 Å². The van der Waals surface area contributed by atoms with Crippen molar-refractivity contribution in [2.24, 2.45) is 0 Å². The molecule has 0 aliphatic carbocycles. The Hall–Kier alpha value is -3.49. The van der Waals surface area contributed by atoms with E-state index in [-0.39, 0.29) is 11.8 Å². The van der Waals surface area contributed by atoms with Gasteiger partial charge in [0.2, 0.25) is 11.1 Å². The highest BCUT2D eigenvalue weighted by Crippen LogP contribution is 2.37. The zero-order valence-electron chi connectivity index (χ0n) is 18.1. The molecule has 33 heavy (non-hydrogen) atoms. The van der Waals surface area contributed by atoms with E-state index in [1.807, 2.05) is 44.3 Å². The molecule has 4 aromatic rings. The van der Waals surface area contributed by atoms with Gasteiger partial charge in [0.25, 0.3) is 11.8 Å². The zero-order valence-corrected chi connectivity index (χ0v) is 19.7. The maximum atomic E-state index is 12.5. The van der Waals surface area contributed by atoms with E-state index in [2.05, 4.69) is 17.1 Å². The first kappa shape index (κ1) is 21.4. The summed E-state index contributed by atoms with van der Waals surface area (Å²) in [5.41, 5.74) is 11.2. The van der Waals surface area contributed by atoms with Crippen LogP contribution in [0.25, 0.3) is 20.9 Å². The average Bonchev–Trinajstić information content (AvgIpc) is 3.40. The number of nitrogen functional groups attached to an aromatic ring is 1. The SMILES string of the molecule is Cc1cccc(S(=O)Oc2ncc(-c3ccc(-c4ccc5c(c4)CN(C)C5=O)s3)cc2N)c1. The fourth-order valence-electron chi connectivity index (χ4n) is 3.78. The number of benzene rings is 2. The summed E-state index contributed by atoms with van der Waals surface area (Å²) in [4.78, 5) is 20.8. The number of hydrogen-bond donors (Lipinski definition) is 1. The van der Waals surface area contributed by atoms with Crippen LogP contribution in [-0.2, 0) is 17.6 Å².